The Labute approximate surface area is 153 Å². The molecule has 6 heteroatoms. The van der Waals surface area contributed by atoms with Gasteiger partial charge in [0.05, 0.1) is 10.5 Å². The van der Waals surface area contributed by atoms with Gasteiger partial charge in [-0.2, -0.15) is 0 Å². The molecule has 1 atom stereocenters. The van der Waals surface area contributed by atoms with Crippen LogP contribution in [-0.4, -0.2) is 32.5 Å². The number of aryl methyl sites for hydroxylation is 2. The van der Waals surface area contributed by atoms with Crippen molar-refractivity contribution in [1.29, 1.82) is 0 Å². The summed E-state index contributed by atoms with van der Waals surface area (Å²) in [7, 11) is -3.44. The van der Waals surface area contributed by atoms with E-state index in [1.54, 1.807) is 25.1 Å². The van der Waals surface area contributed by atoms with Crippen LogP contribution >= 0.6 is 0 Å². The minimum absolute atomic E-state index is 0.0317. The third-order valence-electron chi connectivity index (χ3n) is 4.16. The fourth-order valence-corrected chi connectivity index (χ4v) is 3.12. The van der Waals surface area contributed by atoms with Crippen LogP contribution in [0, 0.1) is 6.92 Å². The number of rotatable bonds is 6. The van der Waals surface area contributed by atoms with Crippen molar-refractivity contribution in [3.63, 3.8) is 0 Å². The van der Waals surface area contributed by atoms with E-state index in [2.05, 4.69) is 0 Å². The van der Waals surface area contributed by atoms with Crippen LogP contribution in [0.3, 0.4) is 0 Å². The lowest BCUT2D eigenvalue weighted by molar-refractivity contribution is 0.0318. The smallest absolute Gasteiger partial charge is 0.339 e. The molecule has 2 rings (SSSR count). The maximum absolute atomic E-state index is 12.4. The van der Waals surface area contributed by atoms with Gasteiger partial charge in [-0.25, -0.2) is 13.2 Å². The third-order valence-corrected chi connectivity index (χ3v) is 5.27. The molecule has 0 unspecified atom stereocenters. The quantitative estimate of drug-likeness (QED) is 0.572. The van der Waals surface area contributed by atoms with E-state index >= 15 is 0 Å². The van der Waals surface area contributed by atoms with Crippen molar-refractivity contribution in [2.45, 2.75) is 38.2 Å². The number of carbonyl (C=O) groups excluding carboxylic acids is 2. The van der Waals surface area contributed by atoms with E-state index in [4.69, 9.17) is 4.74 Å². The molecule has 0 bridgehead atoms. The zero-order chi connectivity index (χ0) is 19.5. The maximum Gasteiger partial charge on any atom is 0.339 e. The minimum atomic E-state index is -3.44. The SMILES string of the molecule is CCc1ccc(C(=O)[C@@H](C)OC(=O)c2cc(S(C)(=O)=O)ccc2C)cc1. The van der Waals surface area contributed by atoms with Gasteiger partial charge in [0.2, 0.25) is 5.78 Å². The summed E-state index contributed by atoms with van der Waals surface area (Å²) in [5.41, 5.74) is 2.28. The van der Waals surface area contributed by atoms with Crippen LogP contribution in [-0.2, 0) is 21.0 Å². The second-order valence-corrected chi connectivity index (χ2v) is 8.23. The summed E-state index contributed by atoms with van der Waals surface area (Å²) < 4.78 is 28.6. The van der Waals surface area contributed by atoms with Gasteiger partial charge in [-0.1, -0.05) is 37.3 Å². The first-order valence-corrected chi connectivity index (χ1v) is 10.2. The van der Waals surface area contributed by atoms with E-state index in [-0.39, 0.29) is 16.2 Å². The van der Waals surface area contributed by atoms with Crippen LogP contribution < -0.4 is 0 Å². The Kier molecular flexibility index (Phi) is 5.97. The van der Waals surface area contributed by atoms with Crippen LogP contribution in [0.2, 0.25) is 0 Å². The van der Waals surface area contributed by atoms with Gasteiger partial charge in [-0.15, -0.1) is 0 Å². The van der Waals surface area contributed by atoms with Crippen molar-refractivity contribution in [1.82, 2.24) is 0 Å². The highest BCUT2D eigenvalue weighted by Crippen LogP contribution is 2.18. The first-order chi connectivity index (χ1) is 12.1. The summed E-state index contributed by atoms with van der Waals surface area (Å²) in [6.45, 7) is 5.20. The van der Waals surface area contributed by atoms with E-state index in [1.165, 1.54) is 19.1 Å². The fraction of sp³-hybridized carbons (Fsp3) is 0.300. The standard InChI is InChI=1S/C20H22O5S/c1-5-15-7-9-16(10-8-15)19(21)14(3)25-20(22)18-12-17(26(4,23)24)11-6-13(18)2/h6-12,14H,5H2,1-4H3/t14-/m1/s1. The summed E-state index contributed by atoms with van der Waals surface area (Å²) in [6.07, 6.45) is 0.963. The molecule has 26 heavy (non-hydrogen) atoms. The van der Waals surface area contributed by atoms with Crippen LogP contribution in [0.5, 0.6) is 0 Å². The summed E-state index contributed by atoms with van der Waals surface area (Å²) in [5, 5.41) is 0. The number of ether oxygens (including phenoxy) is 1. The lowest BCUT2D eigenvalue weighted by Crippen LogP contribution is -2.25. The van der Waals surface area contributed by atoms with E-state index in [0.717, 1.165) is 18.2 Å². The number of esters is 1. The molecular formula is C20H22O5S. The molecule has 0 saturated carbocycles. The molecule has 2 aromatic rings. The number of hydrogen-bond acceptors (Lipinski definition) is 5. The Morgan fingerprint density at radius 3 is 2.23 bits per heavy atom. The average molecular weight is 374 g/mol. The molecule has 0 saturated heterocycles. The first-order valence-electron chi connectivity index (χ1n) is 8.28. The van der Waals surface area contributed by atoms with Crippen LogP contribution in [0.25, 0.3) is 0 Å². The van der Waals surface area contributed by atoms with Crippen molar-refractivity contribution >= 4 is 21.6 Å². The highest BCUT2D eigenvalue weighted by molar-refractivity contribution is 7.90. The van der Waals surface area contributed by atoms with E-state index in [1.807, 2.05) is 19.1 Å². The average Bonchev–Trinajstić information content (AvgIpc) is 2.60. The van der Waals surface area contributed by atoms with Gasteiger partial charge in [-0.3, -0.25) is 4.79 Å². The zero-order valence-electron chi connectivity index (χ0n) is 15.3. The Morgan fingerprint density at radius 1 is 1.08 bits per heavy atom. The minimum Gasteiger partial charge on any atom is -0.451 e. The molecule has 0 amide bonds. The van der Waals surface area contributed by atoms with Crippen LogP contribution in [0.15, 0.2) is 47.4 Å². The lowest BCUT2D eigenvalue weighted by Gasteiger charge is -2.14. The van der Waals surface area contributed by atoms with E-state index < -0.39 is 21.9 Å². The Hall–Kier alpha value is -2.47. The lowest BCUT2D eigenvalue weighted by atomic mass is 10.0. The van der Waals surface area contributed by atoms with Crippen molar-refractivity contribution in [2.75, 3.05) is 6.26 Å². The largest absolute Gasteiger partial charge is 0.451 e. The molecule has 5 nitrogen and oxygen atoms in total. The van der Waals surface area contributed by atoms with Gasteiger partial charge in [0, 0.05) is 11.8 Å². The van der Waals surface area contributed by atoms with Gasteiger partial charge in [-0.05, 0) is 43.5 Å². The van der Waals surface area contributed by atoms with Gasteiger partial charge < -0.3 is 4.74 Å². The molecule has 0 heterocycles. The summed E-state index contributed by atoms with van der Waals surface area (Å²) in [4.78, 5) is 24.9. The van der Waals surface area contributed by atoms with Gasteiger partial charge in [0.15, 0.2) is 15.9 Å². The number of ketones is 1. The normalized spacial score (nSPS) is 12.5. The van der Waals surface area contributed by atoms with Crippen molar-refractivity contribution in [2.24, 2.45) is 0 Å². The highest BCUT2D eigenvalue weighted by atomic mass is 32.2. The number of Topliss-reactive ketones (excluding diaryl/α,β-unsaturated/α-hetero) is 1. The molecule has 138 valence electrons. The van der Waals surface area contributed by atoms with Gasteiger partial charge >= 0.3 is 5.97 Å². The Bertz CT molecular complexity index is 927. The molecule has 0 fully saturated rings. The Morgan fingerprint density at radius 2 is 1.69 bits per heavy atom. The number of carbonyl (C=O) groups is 2. The molecule has 0 radical (unpaired) electrons. The topological polar surface area (TPSA) is 77.5 Å². The zero-order valence-corrected chi connectivity index (χ0v) is 16.1. The molecule has 0 aliphatic rings. The predicted molar refractivity (Wildman–Crippen MR) is 99.3 cm³/mol. The van der Waals surface area contributed by atoms with Crippen molar-refractivity contribution < 1.29 is 22.7 Å². The van der Waals surface area contributed by atoms with E-state index in [9.17, 15) is 18.0 Å². The van der Waals surface area contributed by atoms with Crippen molar-refractivity contribution in [3.8, 4) is 0 Å². The molecule has 0 spiro atoms. The summed E-state index contributed by atoms with van der Waals surface area (Å²) in [6, 6.07) is 11.4. The molecular weight excluding hydrogens is 352 g/mol. The van der Waals surface area contributed by atoms with Crippen LogP contribution in [0.4, 0.5) is 0 Å². The first kappa shape index (κ1) is 19.8. The molecule has 0 N–H and O–H groups in total. The van der Waals surface area contributed by atoms with Gasteiger partial charge in [0.25, 0.3) is 0 Å². The molecule has 0 aliphatic heterocycles. The molecule has 0 aliphatic carbocycles. The van der Waals surface area contributed by atoms with Crippen molar-refractivity contribution in [3.05, 3.63) is 64.7 Å². The third kappa shape index (κ3) is 4.58. The van der Waals surface area contributed by atoms with E-state index in [0.29, 0.717) is 11.1 Å². The Balaban J connectivity index is 2.19. The number of benzene rings is 2. The molecule has 2 aromatic carbocycles. The molecule has 0 aromatic heterocycles. The highest BCUT2D eigenvalue weighted by Gasteiger charge is 2.22. The fourth-order valence-electron chi connectivity index (χ4n) is 2.47. The number of hydrogen-bond donors (Lipinski definition) is 0. The second kappa shape index (κ2) is 7.83. The van der Waals surface area contributed by atoms with Crippen LogP contribution in [0.1, 0.15) is 45.7 Å². The summed E-state index contributed by atoms with van der Waals surface area (Å²) in [5.74, 6) is -1.03. The monoisotopic (exact) mass is 374 g/mol. The summed E-state index contributed by atoms with van der Waals surface area (Å²) >= 11 is 0. The van der Waals surface area contributed by atoms with Gasteiger partial charge in [0.1, 0.15) is 0 Å². The predicted octanol–water partition coefficient (Wildman–Crippen LogP) is 3.39. The second-order valence-electron chi connectivity index (χ2n) is 6.21. The number of sulfone groups is 1. The maximum atomic E-state index is 12.4.